The molecule has 1 aromatic carbocycles. The van der Waals surface area contributed by atoms with Crippen LogP contribution in [0.5, 0.6) is 0 Å². The minimum Gasteiger partial charge on any atom is -0.302 e. The van der Waals surface area contributed by atoms with E-state index >= 15 is 0 Å². The summed E-state index contributed by atoms with van der Waals surface area (Å²) in [6.07, 6.45) is 4.46. The van der Waals surface area contributed by atoms with Crippen LogP contribution in [0.25, 0.3) is 0 Å². The Kier molecular flexibility index (Phi) is 3.19. The lowest BCUT2D eigenvalue weighted by Gasteiger charge is -2.21. The molecule has 1 saturated heterocycles. The van der Waals surface area contributed by atoms with Gasteiger partial charge >= 0.3 is 0 Å². The van der Waals surface area contributed by atoms with Gasteiger partial charge in [0.15, 0.2) is 0 Å². The first kappa shape index (κ1) is 11.3. The summed E-state index contributed by atoms with van der Waals surface area (Å²) >= 11 is 0. The molecule has 2 fully saturated rings. The van der Waals surface area contributed by atoms with E-state index in [1.165, 1.54) is 44.5 Å². The van der Waals surface area contributed by atoms with Gasteiger partial charge in [0, 0.05) is 19.6 Å². The molecule has 0 amide bonds. The SMILES string of the molecule is CC(CN1CC2CCCC2C1)c1ccccc1. The van der Waals surface area contributed by atoms with Crippen LogP contribution in [0.1, 0.15) is 37.7 Å². The molecule has 17 heavy (non-hydrogen) atoms. The Hall–Kier alpha value is -0.820. The molecule has 0 spiro atoms. The highest BCUT2D eigenvalue weighted by molar-refractivity contribution is 5.19. The zero-order valence-corrected chi connectivity index (χ0v) is 10.8. The smallest absolute Gasteiger partial charge is 0.00478 e. The normalized spacial score (nSPS) is 30.4. The van der Waals surface area contributed by atoms with Crippen LogP contribution in [-0.2, 0) is 0 Å². The van der Waals surface area contributed by atoms with Crippen molar-refractivity contribution in [3.8, 4) is 0 Å². The molecule has 2 aliphatic rings. The van der Waals surface area contributed by atoms with E-state index in [0.717, 1.165) is 11.8 Å². The van der Waals surface area contributed by atoms with E-state index < -0.39 is 0 Å². The second-order valence-corrected chi connectivity index (χ2v) is 5.98. The molecule has 3 atom stereocenters. The minimum absolute atomic E-state index is 0.676. The van der Waals surface area contributed by atoms with Gasteiger partial charge in [0.25, 0.3) is 0 Å². The van der Waals surface area contributed by atoms with Crippen LogP contribution < -0.4 is 0 Å². The second kappa shape index (κ2) is 4.81. The molecule has 0 N–H and O–H groups in total. The summed E-state index contributed by atoms with van der Waals surface area (Å²) in [5, 5.41) is 0. The van der Waals surface area contributed by atoms with Gasteiger partial charge in [-0.3, -0.25) is 0 Å². The predicted octanol–water partition coefficient (Wildman–Crippen LogP) is 3.52. The Morgan fingerprint density at radius 2 is 1.76 bits per heavy atom. The zero-order valence-electron chi connectivity index (χ0n) is 10.8. The van der Waals surface area contributed by atoms with Crippen LogP contribution in [0.15, 0.2) is 30.3 Å². The number of hydrogen-bond donors (Lipinski definition) is 0. The van der Waals surface area contributed by atoms with Gasteiger partial charge in [-0.2, -0.15) is 0 Å². The van der Waals surface area contributed by atoms with E-state index in [4.69, 9.17) is 0 Å². The number of fused-ring (bicyclic) bond motifs is 1. The lowest BCUT2D eigenvalue weighted by Crippen LogP contribution is -2.26. The first-order valence-corrected chi connectivity index (χ1v) is 7.10. The van der Waals surface area contributed by atoms with E-state index in [0.29, 0.717) is 5.92 Å². The van der Waals surface area contributed by atoms with Crippen LogP contribution in [0.4, 0.5) is 0 Å². The maximum absolute atomic E-state index is 2.70. The highest BCUT2D eigenvalue weighted by atomic mass is 15.2. The van der Waals surface area contributed by atoms with E-state index in [2.05, 4.69) is 42.2 Å². The third-order valence-corrected chi connectivity index (χ3v) is 4.70. The molecule has 0 bridgehead atoms. The van der Waals surface area contributed by atoms with Crippen LogP contribution in [0.2, 0.25) is 0 Å². The number of nitrogens with zero attached hydrogens (tertiary/aromatic N) is 1. The average Bonchev–Trinajstić information content (AvgIpc) is 2.90. The fourth-order valence-corrected chi connectivity index (χ4v) is 3.76. The van der Waals surface area contributed by atoms with Crippen molar-refractivity contribution in [3.05, 3.63) is 35.9 Å². The molecule has 1 aliphatic heterocycles. The van der Waals surface area contributed by atoms with Gasteiger partial charge in [-0.05, 0) is 36.2 Å². The van der Waals surface area contributed by atoms with Crippen molar-refractivity contribution in [1.29, 1.82) is 0 Å². The molecular weight excluding hydrogens is 206 g/mol. The van der Waals surface area contributed by atoms with E-state index in [9.17, 15) is 0 Å². The van der Waals surface area contributed by atoms with Gasteiger partial charge in [0.1, 0.15) is 0 Å². The molecule has 1 aromatic rings. The third-order valence-electron chi connectivity index (χ3n) is 4.70. The molecular formula is C16H23N. The number of likely N-dealkylation sites (tertiary alicyclic amines) is 1. The van der Waals surface area contributed by atoms with Gasteiger partial charge in [0.2, 0.25) is 0 Å². The van der Waals surface area contributed by atoms with Crippen LogP contribution >= 0.6 is 0 Å². The standard InChI is InChI=1S/C16H23N/c1-13(14-6-3-2-4-7-14)10-17-11-15-8-5-9-16(15)12-17/h2-4,6-7,13,15-16H,5,8-12H2,1H3. The molecule has 3 rings (SSSR count). The van der Waals surface area contributed by atoms with Gasteiger partial charge in [0.05, 0.1) is 0 Å². The maximum atomic E-state index is 2.70. The largest absolute Gasteiger partial charge is 0.302 e. The van der Waals surface area contributed by atoms with Gasteiger partial charge in [-0.15, -0.1) is 0 Å². The Bertz CT molecular complexity index is 347. The van der Waals surface area contributed by atoms with Crippen molar-refractivity contribution in [2.45, 2.75) is 32.1 Å². The van der Waals surface area contributed by atoms with Crippen LogP contribution in [-0.4, -0.2) is 24.5 Å². The zero-order chi connectivity index (χ0) is 11.7. The lowest BCUT2D eigenvalue weighted by molar-refractivity contribution is 0.296. The highest BCUT2D eigenvalue weighted by Gasteiger charge is 2.36. The van der Waals surface area contributed by atoms with Crippen LogP contribution in [0.3, 0.4) is 0 Å². The molecule has 1 heteroatoms. The first-order valence-electron chi connectivity index (χ1n) is 7.10. The Labute approximate surface area is 105 Å². The quantitative estimate of drug-likeness (QED) is 0.766. The maximum Gasteiger partial charge on any atom is 0.00478 e. The molecule has 1 saturated carbocycles. The van der Waals surface area contributed by atoms with Crippen molar-refractivity contribution >= 4 is 0 Å². The number of hydrogen-bond acceptors (Lipinski definition) is 1. The highest BCUT2D eigenvalue weighted by Crippen LogP contribution is 2.38. The predicted molar refractivity (Wildman–Crippen MR) is 72.1 cm³/mol. The number of benzene rings is 1. The Morgan fingerprint density at radius 1 is 1.12 bits per heavy atom. The molecule has 1 nitrogen and oxygen atoms in total. The summed E-state index contributed by atoms with van der Waals surface area (Å²) in [4.78, 5) is 2.70. The molecule has 3 unspecified atom stereocenters. The third kappa shape index (κ3) is 2.40. The summed E-state index contributed by atoms with van der Waals surface area (Å²) in [6.45, 7) is 6.34. The number of rotatable bonds is 3. The van der Waals surface area contributed by atoms with E-state index in [-0.39, 0.29) is 0 Å². The molecule has 0 aromatic heterocycles. The molecule has 0 radical (unpaired) electrons. The summed E-state index contributed by atoms with van der Waals surface area (Å²) < 4.78 is 0. The average molecular weight is 229 g/mol. The summed E-state index contributed by atoms with van der Waals surface area (Å²) in [7, 11) is 0. The molecule has 1 aliphatic carbocycles. The first-order chi connectivity index (χ1) is 8.33. The van der Waals surface area contributed by atoms with Crippen molar-refractivity contribution in [2.24, 2.45) is 11.8 Å². The van der Waals surface area contributed by atoms with Crippen LogP contribution in [0, 0.1) is 11.8 Å². The fourth-order valence-electron chi connectivity index (χ4n) is 3.76. The second-order valence-electron chi connectivity index (χ2n) is 5.98. The lowest BCUT2D eigenvalue weighted by atomic mass is 10.0. The van der Waals surface area contributed by atoms with Crippen molar-refractivity contribution < 1.29 is 0 Å². The summed E-state index contributed by atoms with van der Waals surface area (Å²) in [5.41, 5.74) is 1.49. The van der Waals surface area contributed by atoms with E-state index in [1.54, 1.807) is 0 Å². The van der Waals surface area contributed by atoms with Gasteiger partial charge in [-0.1, -0.05) is 43.7 Å². The summed E-state index contributed by atoms with van der Waals surface area (Å²) in [6, 6.07) is 11.0. The Balaban J connectivity index is 1.58. The van der Waals surface area contributed by atoms with Crippen molar-refractivity contribution in [1.82, 2.24) is 4.90 Å². The minimum atomic E-state index is 0.676. The van der Waals surface area contributed by atoms with Crippen molar-refractivity contribution in [3.63, 3.8) is 0 Å². The van der Waals surface area contributed by atoms with E-state index in [1.807, 2.05) is 0 Å². The topological polar surface area (TPSA) is 3.24 Å². The molecule has 1 heterocycles. The summed E-state index contributed by atoms with van der Waals surface area (Å²) in [5.74, 6) is 2.73. The monoisotopic (exact) mass is 229 g/mol. The molecule has 92 valence electrons. The van der Waals surface area contributed by atoms with Gasteiger partial charge < -0.3 is 4.90 Å². The fraction of sp³-hybridized carbons (Fsp3) is 0.625. The Morgan fingerprint density at radius 3 is 2.41 bits per heavy atom. The van der Waals surface area contributed by atoms with Gasteiger partial charge in [-0.25, -0.2) is 0 Å². The van der Waals surface area contributed by atoms with Crippen molar-refractivity contribution in [2.75, 3.05) is 19.6 Å².